The van der Waals surface area contributed by atoms with Gasteiger partial charge in [-0.1, -0.05) is 6.07 Å². The molecule has 0 unspecified atom stereocenters. The van der Waals surface area contributed by atoms with Gasteiger partial charge in [0.25, 0.3) is 0 Å². The van der Waals surface area contributed by atoms with E-state index >= 15 is 0 Å². The summed E-state index contributed by atoms with van der Waals surface area (Å²) in [5.74, 6) is 1.05. The van der Waals surface area contributed by atoms with Crippen LogP contribution in [0.15, 0.2) is 22.7 Å². The van der Waals surface area contributed by atoms with E-state index in [4.69, 9.17) is 4.74 Å². The van der Waals surface area contributed by atoms with Crippen LogP contribution in [0, 0.1) is 5.92 Å². The maximum atomic E-state index is 11.6. The first-order chi connectivity index (χ1) is 8.20. The van der Waals surface area contributed by atoms with E-state index in [1.165, 1.54) is 0 Å². The Bertz CT molecular complexity index is 419. The lowest BCUT2D eigenvalue weighted by Gasteiger charge is -2.25. The van der Waals surface area contributed by atoms with Gasteiger partial charge < -0.3 is 15.4 Å². The first-order valence-electron chi connectivity index (χ1n) is 5.51. The maximum absolute atomic E-state index is 11.6. The van der Waals surface area contributed by atoms with Crippen molar-refractivity contribution in [3.8, 4) is 5.75 Å². The first kappa shape index (κ1) is 12.4. The van der Waals surface area contributed by atoms with Crippen LogP contribution in [0.3, 0.4) is 0 Å². The van der Waals surface area contributed by atoms with E-state index in [1.807, 2.05) is 18.2 Å². The molecule has 17 heavy (non-hydrogen) atoms. The van der Waals surface area contributed by atoms with Crippen molar-refractivity contribution in [2.75, 3.05) is 20.2 Å². The molecule has 2 N–H and O–H groups in total. The number of halogens is 1. The van der Waals surface area contributed by atoms with Crippen molar-refractivity contribution in [1.82, 2.24) is 10.6 Å². The van der Waals surface area contributed by atoms with Crippen LogP contribution in [0.25, 0.3) is 0 Å². The van der Waals surface area contributed by atoms with Gasteiger partial charge in [-0.25, -0.2) is 0 Å². The molecule has 0 saturated carbocycles. The zero-order chi connectivity index (χ0) is 12.3. The number of benzene rings is 1. The van der Waals surface area contributed by atoms with Crippen molar-refractivity contribution in [3.63, 3.8) is 0 Å². The van der Waals surface area contributed by atoms with E-state index in [0.29, 0.717) is 6.54 Å². The summed E-state index contributed by atoms with van der Waals surface area (Å²) in [6.07, 6.45) is 0. The predicted octanol–water partition coefficient (Wildman–Crippen LogP) is 1.29. The first-order valence-corrected chi connectivity index (χ1v) is 6.31. The van der Waals surface area contributed by atoms with Crippen LogP contribution in [0.4, 0.5) is 0 Å². The molecule has 1 aromatic rings. The van der Waals surface area contributed by atoms with E-state index in [-0.39, 0.29) is 11.8 Å². The number of ether oxygens (including phenoxy) is 1. The third-order valence-corrected chi connectivity index (χ3v) is 3.45. The van der Waals surface area contributed by atoms with Crippen LogP contribution in [0.1, 0.15) is 5.56 Å². The fraction of sp³-hybridized carbons (Fsp3) is 0.417. The average Bonchev–Trinajstić information content (AvgIpc) is 2.24. The molecule has 4 nitrogen and oxygen atoms in total. The lowest BCUT2D eigenvalue weighted by molar-refractivity contribution is -0.126. The van der Waals surface area contributed by atoms with E-state index in [1.54, 1.807) is 7.11 Å². The quantitative estimate of drug-likeness (QED) is 0.881. The molecule has 1 aliphatic heterocycles. The fourth-order valence-electron chi connectivity index (χ4n) is 1.63. The Balaban J connectivity index is 1.90. The monoisotopic (exact) mass is 298 g/mol. The van der Waals surface area contributed by atoms with Crippen LogP contribution < -0.4 is 15.4 Å². The molecule has 1 aromatic carbocycles. The zero-order valence-electron chi connectivity index (χ0n) is 9.63. The molecule has 92 valence electrons. The highest BCUT2D eigenvalue weighted by molar-refractivity contribution is 9.10. The Morgan fingerprint density at radius 1 is 1.59 bits per heavy atom. The number of hydrogen-bond acceptors (Lipinski definition) is 3. The van der Waals surface area contributed by atoms with Gasteiger partial charge in [0.05, 0.1) is 17.5 Å². The minimum Gasteiger partial charge on any atom is -0.496 e. The summed E-state index contributed by atoms with van der Waals surface area (Å²) in [5, 5.41) is 6.00. The molecule has 1 aliphatic rings. The molecule has 5 heteroatoms. The third kappa shape index (κ3) is 2.98. The van der Waals surface area contributed by atoms with Crippen molar-refractivity contribution < 1.29 is 9.53 Å². The molecule has 0 aromatic heterocycles. The molecule has 0 radical (unpaired) electrons. The summed E-state index contributed by atoms with van der Waals surface area (Å²) in [6, 6.07) is 5.79. The van der Waals surface area contributed by atoms with Gasteiger partial charge in [-0.2, -0.15) is 0 Å². The summed E-state index contributed by atoms with van der Waals surface area (Å²) in [7, 11) is 1.63. The van der Waals surface area contributed by atoms with E-state index in [2.05, 4.69) is 26.6 Å². The fourth-order valence-corrected chi connectivity index (χ4v) is 2.22. The minimum atomic E-state index is 0.121. The van der Waals surface area contributed by atoms with Gasteiger partial charge in [0, 0.05) is 19.6 Å². The summed E-state index contributed by atoms with van der Waals surface area (Å²) < 4.78 is 6.05. The largest absolute Gasteiger partial charge is 0.496 e. The van der Waals surface area contributed by atoms with Crippen LogP contribution in [0.5, 0.6) is 5.75 Å². The highest BCUT2D eigenvalue weighted by atomic mass is 79.9. The maximum Gasteiger partial charge on any atom is 0.225 e. The lowest BCUT2D eigenvalue weighted by Crippen LogP contribution is -2.50. The Kier molecular flexibility index (Phi) is 4.02. The van der Waals surface area contributed by atoms with Crippen LogP contribution in [-0.2, 0) is 11.3 Å². The second-order valence-electron chi connectivity index (χ2n) is 4.04. The normalized spacial score (nSPS) is 15.2. The topological polar surface area (TPSA) is 50.4 Å². The van der Waals surface area contributed by atoms with Crippen molar-refractivity contribution >= 4 is 21.8 Å². The smallest absolute Gasteiger partial charge is 0.225 e. The molecule has 0 atom stereocenters. The second-order valence-corrected chi connectivity index (χ2v) is 4.90. The van der Waals surface area contributed by atoms with Gasteiger partial charge in [0.1, 0.15) is 5.75 Å². The number of nitrogens with one attached hydrogen (secondary N) is 2. The Labute approximate surface area is 109 Å². The van der Waals surface area contributed by atoms with Crippen molar-refractivity contribution in [2.24, 2.45) is 5.92 Å². The number of rotatable bonds is 4. The molecule has 1 heterocycles. The molecule has 0 spiro atoms. The number of carbonyl (C=O) groups is 1. The molecule has 1 amide bonds. The molecule has 2 rings (SSSR count). The molecule has 1 fully saturated rings. The zero-order valence-corrected chi connectivity index (χ0v) is 11.2. The molecule has 0 bridgehead atoms. The molecular formula is C12H15BrN2O2. The van der Waals surface area contributed by atoms with Gasteiger partial charge in [-0.15, -0.1) is 0 Å². The minimum absolute atomic E-state index is 0.121. The lowest BCUT2D eigenvalue weighted by atomic mass is 10.0. The van der Waals surface area contributed by atoms with Gasteiger partial charge in [0.2, 0.25) is 5.91 Å². The number of methoxy groups -OCH3 is 1. The third-order valence-electron chi connectivity index (χ3n) is 2.84. The van der Waals surface area contributed by atoms with Gasteiger partial charge in [0.15, 0.2) is 0 Å². The highest BCUT2D eigenvalue weighted by Crippen LogP contribution is 2.25. The highest BCUT2D eigenvalue weighted by Gasteiger charge is 2.24. The van der Waals surface area contributed by atoms with Crippen molar-refractivity contribution in [2.45, 2.75) is 6.54 Å². The Hall–Kier alpha value is -1.07. The van der Waals surface area contributed by atoms with Crippen LogP contribution in [-0.4, -0.2) is 26.1 Å². The van der Waals surface area contributed by atoms with Crippen molar-refractivity contribution in [1.29, 1.82) is 0 Å². The Morgan fingerprint density at radius 3 is 2.88 bits per heavy atom. The summed E-state index contributed by atoms with van der Waals surface area (Å²) in [5.41, 5.74) is 1.05. The summed E-state index contributed by atoms with van der Waals surface area (Å²) in [6.45, 7) is 2.13. The Morgan fingerprint density at radius 2 is 2.35 bits per heavy atom. The van der Waals surface area contributed by atoms with E-state index in [0.717, 1.165) is 28.9 Å². The number of carbonyl (C=O) groups excluding carboxylic acids is 1. The number of amides is 1. The van der Waals surface area contributed by atoms with Crippen LogP contribution >= 0.6 is 15.9 Å². The SMILES string of the molecule is COc1ccc(CNC(=O)C2CNC2)cc1Br. The van der Waals surface area contributed by atoms with E-state index in [9.17, 15) is 4.79 Å². The van der Waals surface area contributed by atoms with E-state index < -0.39 is 0 Å². The molecule has 1 saturated heterocycles. The summed E-state index contributed by atoms with van der Waals surface area (Å²) in [4.78, 5) is 11.6. The average molecular weight is 299 g/mol. The second kappa shape index (κ2) is 5.51. The van der Waals surface area contributed by atoms with Crippen molar-refractivity contribution in [3.05, 3.63) is 28.2 Å². The van der Waals surface area contributed by atoms with Gasteiger partial charge in [-0.05, 0) is 33.6 Å². The predicted molar refractivity (Wildman–Crippen MR) is 68.9 cm³/mol. The molecular weight excluding hydrogens is 284 g/mol. The number of hydrogen-bond donors (Lipinski definition) is 2. The summed E-state index contributed by atoms with van der Waals surface area (Å²) >= 11 is 3.42. The standard InChI is InChI=1S/C12H15BrN2O2/c1-17-11-3-2-8(4-10(11)13)5-15-12(16)9-6-14-7-9/h2-4,9,14H,5-7H2,1H3,(H,15,16). The van der Waals surface area contributed by atoms with Gasteiger partial charge in [-0.3, -0.25) is 4.79 Å². The molecule has 0 aliphatic carbocycles. The van der Waals surface area contributed by atoms with Crippen LogP contribution in [0.2, 0.25) is 0 Å². The van der Waals surface area contributed by atoms with Gasteiger partial charge >= 0.3 is 0 Å².